The van der Waals surface area contributed by atoms with Crippen molar-refractivity contribution < 1.29 is 80.2 Å². The Kier molecular flexibility index (Phi) is 76.6. The molecule has 0 rings (SSSR count). The van der Waals surface area contributed by atoms with Gasteiger partial charge in [-0.3, -0.25) is 37.3 Å². The van der Waals surface area contributed by atoms with Crippen molar-refractivity contribution in [2.75, 3.05) is 39.6 Å². The largest absolute Gasteiger partial charge is 0.472 e. The van der Waals surface area contributed by atoms with E-state index < -0.39 is 97.5 Å². The first-order valence-electron chi connectivity index (χ1n) is 45.4. The normalized spacial score (nSPS) is 14.3. The Morgan fingerprint density at radius 3 is 0.710 bits per heavy atom. The number of phosphoric ester groups is 2. The van der Waals surface area contributed by atoms with Gasteiger partial charge in [0, 0.05) is 25.7 Å². The van der Waals surface area contributed by atoms with Gasteiger partial charge in [0.1, 0.15) is 19.3 Å². The fraction of sp³-hybridized carbons (Fsp3) is 0.955. The van der Waals surface area contributed by atoms with Gasteiger partial charge in [0.05, 0.1) is 26.4 Å². The molecule has 0 radical (unpaired) electrons. The summed E-state index contributed by atoms with van der Waals surface area (Å²) in [6.07, 6.45) is 69.3. The van der Waals surface area contributed by atoms with Gasteiger partial charge in [-0.15, -0.1) is 0 Å². The molecule has 0 saturated heterocycles. The van der Waals surface area contributed by atoms with Gasteiger partial charge in [-0.1, -0.05) is 414 Å². The maximum Gasteiger partial charge on any atom is 0.472 e. The Labute approximate surface area is 658 Å². The van der Waals surface area contributed by atoms with Gasteiger partial charge in [-0.05, 0) is 43.4 Å². The molecule has 0 aromatic rings. The number of carbonyl (C=O) groups excluding carboxylic acids is 4. The molecular formula is C88H172O17P2. The highest BCUT2D eigenvalue weighted by atomic mass is 31.2. The lowest BCUT2D eigenvalue weighted by Gasteiger charge is -2.21. The lowest BCUT2D eigenvalue weighted by atomic mass is 9.99. The van der Waals surface area contributed by atoms with Crippen molar-refractivity contribution in [2.45, 2.75) is 484 Å². The van der Waals surface area contributed by atoms with E-state index in [0.717, 1.165) is 108 Å². The number of aliphatic hydroxyl groups is 1. The number of ether oxygens (including phenoxy) is 4. The smallest absolute Gasteiger partial charge is 0.462 e. The number of phosphoric acid groups is 2. The van der Waals surface area contributed by atoms with Crippen LogP contribution in [0.4, 0.5) is 0 Å². The summed E-state index contributed by atoms with van der Waals surface area (Å²) in [5.41, 5.74) is 0. The Morgan fingerprint density at radius 2 is 0.477 bits per heavy atom. The summed E-state index contributed by atoms with van der Waals surface area (Å²) in [4.78, 5) is 73.3. The quantitative estimate of drug-likeness (QED) is 0.0222. The van der Waals surface area contributed by atoms with E-state index in [0.29, 0.717) is 25.7 Å². The van der Waals surface area contributed by atoms with Crippen LogP contribution < -0.4 is 0 Å². The van der Waals surface area contributed by atoms with Gasteiger partial charge in [0.2, 0.25) is 0 Å². The second-order valence-corrected chi connectivity index (χ2v) is 35.5. The van der Waals surface area contributed by atoms with Crippen LogP contribution in [0.3, 0.4) is 0 Å². The predicted octanol–water partition coefficient (Wildman–Crippen LogP) is 26.9. The van der Waals surface area contributed by atoms with Crippen LogP contribution in [-0.4, -0.2) is 96.7 Å². The monoisotopic (exact) mass is 1560 g/mol. The molecule has 0 aliphatic carbocycles. The number of carbonyl (C=O) groups is 4. The maximum absolute atomic E-state index is 13.2. The SMILES string of the molecule is CCCCCCCCCCCCCCCCCCC(=O)O[C@H](COC(=O)CCCCCCCCCCC(C)CC)COP(=O)(O)OC[C@H](O)COP(=O)(O)OC[C@@H](COC(=O)CCCCCCCCCCCCCCCCC(C)C)OC(=O)CCCCCCCCCCCCCCCCCCCCC(C)CC. The molecule has 3 N–H and O–H groups in total. The number of rotatable bonds is 86. The van der Waals surface area contributed by atoms with Gasteiger partial charge in [-0.25, -0.2) is 9.13 Å². The summed E-state index contributed by atoms with van der Waals surface area (Å²) < 4.78 is 69.0. The van der Waals surface area contributed by atoms with Crippen molar-refractivity contribution >= 4 is 39.5 Å². The van der Waals surface area contributed by atoms with Gasteiger partial charge in [0.15, 0.2) is 12.2 Å². The van der Waals surface area contributed by atoms with Gasteiger partial charge in [0.25, 0.3) is 0 Å². The molecule has 0 spiro atoms. The average molecular weight is 1560 g/mol. The molecule has 4 unspecified atom stereocenters. The molecule has 0 amide bonds. The molecule has 0 aromatic carbocycles. The van der Waals surface area contributed by atoms with E-state index in [9.17, 15) is 43.2 Å². The minimum Gasteiger partial charge on any atom is -0.462 e. The molecule has 0 bridgehead atoms. The molecule has 7 atom stereocenters. The van der Waals surface area contributed by atoms with Crippen LogP contribution in [-0.2, 0) is 65.4 Å². The van der Waals surface area contributed by atoms with E-state index in [1.165, 1.54) is 276 Å². The molecule has 0 fully saturated rings. The molecule has 19 heteroatoms. The zero-order valence-electron chi connectivity index (χ0n) is 70.6. The molecule has 0 aliphatic heterocycles. The Morgan fingerprint density at radius 1 is 0.271 bits per heavy atom. The van der Waals surface area contributed by atoms with E-state index >= 15 is 0 Å². The number of unbranched alkanes of at least 4 members (excludes halogenated alkanes) is 52. The minimum absolute atomic E-state index is 0.108. The van der Waals surface area contributed by atoms with E-state index in [4.69, 9.17) is 37.0 Å². The lowest BCUT2D eigenvalue weighted by molar-refractivity contribution is -0.161. The van der Waals surface area contributed by atoms with Gasteiger partial charge >= 0.3 is 39.5 Å². The van der Waals surface area contributed by atoms with Crippen molar-refractivity contribution in [1.82, 2.24) is 0 Å². The van der Waals surface area contributed by atoms with E-state index in [2.05, 4.69) is 48.5 Å². The first kappa shape index (κ1) is 105. The molecule has 17 nitrogen and oxygen atoms in total. The summed E-state index contributed by atoms with van der Waals surface area (Å²) in [5, 5.41) is 10.7. The fourth-order valence-corrected chi connectivity index (χ4v) is 15.2. The van der Waals surface area contributed by atoms with Gasteiger partial charge < -0.3 is 33.8 Å². The fourth-order valence-electron chi connectivity index (χ4n) is 13.7. The molecule has 107 heavy (non-hydrogen) atoms. The molecule has 0 saturated carbocycles. The van der Waals surface area contributed by atoms with E-state index in [-0.39, 0.29) is 25.7 Å². The standard InChI is InChI=1S/C88H172O17P2/c1-8-11-12-13-14-15-16-17-18-24-31-36-41-50-57-64-71-88(93)105-84(76-99-86(91)70-63-56-49-44-43-47-54-61-68-81(7)10-3)78-103-107(96,97)101-74-82(89)73-100-106(94,95)102-77-83(75-98-85(90)69-62-55-48-40-35-30-27-26-28-33-38-45-52-59-66-79(4)5)104-87(92)72-65-58-51-42-37-32-25-22-20-19-21-23-29-34-39-46-53-60-67-80(6)9-2/h79-84,89H,8-78H2,1-7H3,(H,94,95)(H,96,97)/t80?,81?,82-,83-,84-/m1/s1. The Hall–Kier alpha value is -1.94. The zero-order chi connectivity index (χ0) is 78.6. The van der Waals surface area contributed by atoms with Crippen molar-refractivity contribution in [3.8, 4) is 0 Å². The summed E-state index contributed by atoms with van der Waals surface area (Å²) in [5.74, 6) is 0.347. The second kappa shape index (κ2) is 78.0. The van der Waals surface area contributed by atoms with Crippen molar-refractivity contribution in [2.24, 2.45) is 17.8 Å². The van der Waals surface area contributed by atoms with Crippen LogP contribution in [0.5, 0.6) is 0 Å². The summed E-state index contributed by atoms with van der Waals surface area (Å²) in [6.45, 7) is 12.1. The topological polar surface area (TPSA) is 237 Å². The van der Waals surface area contributed by atoms with Crippen LogP contribution in [0.2, 0.25) is 0 Å². The Bertz CT molecular complexity index is 2060. The number of aliphatic hydroxyl groups excluding tert-OH is 1. The molecule has 0 heterocycles. The van der Waals surface area contributed by atoms with Crippen molar-refractivity contribution in [3.05, 3.63) is 0 Å². The third-order valence-electron chi connectivity index (χ3n) is 21.4. The Balaban J connectivity index is 5.25. The molecule has 0 aromatic heterocycles. The van der Waals surface area contributed by atoms with Crippen LogP contribution in [0, 0.1) is 17.8 Å². The third kappa shape index (κ3) is 79.1. The van der Waals surface area contributed by atoms with Crippen LogP contribution in [0.15, 0.2) is 0 Å². The highest BCUT2D eigenvalue weighted by Crippen LogP contribution is 2.45. The highest BCUT2D eigenvalue weighted by molar-refractivity contribution is 7.47. The second-order valence-electron chi connectivity index (χ2n) is 32.6. The van der Waals surface area contributed by atoms with Crippen LogP contribution in [0.25, 0.3) is 0 Å². The predicted molar refractivity (Wildman–Crippen MR) is 441 cm³/mol. The summed E-state index contributed by atoms with van der Waals surface area (Å²) in [7, 11) is -9.93. The van der Waals surface area contributed by atoms with Crippen LogP contribution >= 0.6 is 15.6 Å². The van der Waals surface area contributed by atoms with E-state index in [1.54, 1.807) is 0 Å². The minimum atomic E-state index is -4.97. The van der Waals surface area contributed by atoms with Gasteiger partial charge in [-0.2, -0.15) is 0 Å². The summed E-state index contributed by atoms with van der Waals surface area (Å²) in [6, 6.07) is 0. The van der Waals surface area contributed by atoms with Crippen molar-refractivity contribution in [1.29, 1.82) is 0 Å². The summed E-state index contributed by atoms with van der Waals surface area (Å²) >= 11 is 0. The van der Waals surface area contributed by atoms with Crippen molar-refractivity contribution in [3.63, 3.8) is 0 Å². The third-order valence-corrected chi connectivity index (χ3v) is 23.3. The lowest BCUT2D eigenvalue weighted by Crippen LogP contribution is -2.30. The number of hydrogen-bond acceptors (Lipinski definition) is 15. The first-order valence-corrected chi connectivity index (χ1v) is 48.4. The molecular weight excluding hydrogens is 1390 g/mol. The maximum atomic E-state index is 13.2. The zero-order valence-corrected chi connectivity index (χ0v) is 72.4. The van der Waals surface area contributed by atoms with E-state index in [1.807, 2.05) is 0 Å². The molecule has 636 valence electrons. The van der Waals surface area contributed by atoms with Crippen LogP contribution in [0.1, 0.15) is 466 Å². The first-order chi connectivity index (χ1) is 51.8. The average Bonchev–Trinajstić information content (AvgIpc) is 0.904. The number of esters is 4. The highest BCUT2D eigenvalue weighted by Gasteiger charge is 2.31. The number of hydrogen-bond donors (Lipinski definition) is 3. The molecule has 0 aliphatic rings.